The second-order valence-corrected chi connectivity index (χ2v) is 0.236. The summed E-state index contributed by atoms with van der Waals surface area (Å²) in [5.74, 6) is 0. The second-order valence-electron chi connectivity index (χ2n) is 0.236. The Bertz CT molecular complexity index is 13.5. The summed E-state index contributed by atoms with van der Waals surface area (Å²) in [7, 11) is 0. The molecule has 0 saturated carbocycles. The number of hydrogen-bond acceptors (Lipinski definition) is 1. The Hall–Kier alpha value is 0.917. The van der Waals surface area contributed by atoms with E-state index < -0.39 is 0 Å². The molecule has 0 saturated heterocycles. The van der Waals surface area contributed by atoms with E-state index in [4.69, 9.17) is 0 Å². The van der Waals surface area contributed by atoms with Crippen LogP contribution in [0.2, 0.25) is 0 Å². The summed E-state index contributed by atoms with van der Waals surface area (Å²) >= 11 is 0. The maximum absolute atomic E-state index is 4.61. The molecule has 22 valence electrons. The zero-order valence-electron chi connectivity index (χ0n) is 2.36. The molecule has 0 fully saturated rings. The minimum atomic E-state index is 0. The fourth-order valence-electron chi connectivity index (χ4n) is 0. The van der Waals surface area contributed by atoms with Gasteiger partial charge in [-0.2, -0.15) is 0 Å². The van der Waals surface area contributed by atoms with E-state index in [1.54, 1.807) is 0 Å². The molecule has 2 N–H and O–H groups in total. The monoisotopic (exact) mass is 183 g/mol. The number of hydrogen-bond donors (Lipinski definition) is 1. The normalized spacial score (nSPS) is 3.00. The van der Waals surface area contributed by atoms with E-state index in [0.717, 1.165) is 0 Å². The van der Waals surface area contributed by atoms with Gasteiger partial charge in [-0.1, -0.05) is 6.58 Å². The smallest absolute Gasteiger partial charge is 0 e. The molecule has 0 aliphatic carbocycles. The summed E-state index contributed by atoms with van der Waals surface area (Å²) in [6.45, 7) is 3.14. The predicted molar refractivity (Wildman–Crippen MR) is 14.4 cm³/mol. The Morgan fingerprint density at radius 3 is 1.75 bits per heavy atom. The van der Waals surface area contributed by atoms with Crippen LogP contribution >= 0.6 is 0 Å². The van der Waals surface area contributed by atoms with E-state index >= 15 is 0 Å². The molecule has 0 spiro atoms. The number of nitrogens with two attached hydrogens (primary N) is 1. The molecule has 0 aliphatic heterocycles. The first-order valence-electron chi connectivity index (χ1n) is 0.742. The van der Waals surface area contributed by atoms with Crippen LogP contribution in [0.1, 0.15) is 0 Å². The fraction of sp³-hybridized carbons (Fsp3) is 0. The van der Waals surface area contributed by atoms with E-state index in [2.05, 4.69) is 12.3 Å². The Kier molecular flexibility index (Phi) is 20.1. The maximum Gasteiger partial charge on any atom is 0 e. The average Bonchev–Trinajstić information content (AvgIpc) is 0.918. The molecule has 0 unspecified atom stereocenters. The second kappa shape index (κ2) is 9.07. The maximum atomic E-state index is 4.61. The van der Waals surface area contributed by atoms with Crippen molar-refractivity contribution >= 4 is 0 Å². The van der Waals surface area contributed by atoms with Crippen molar-refractivity contribution in [1.29, 1.82) is 0 Å². The third-order valence-electron chi connectivity index (χ3n) is 0. The van der Waals surface area contributed by atoms with Crippen LogP contribution < -0.4 is 5.73 Å². The van der Waals surface area contributed by atoms with Crippen LogP contribution in [0.25, 0.3) is 0 Å². The van der Waals surface area contributed by atoms with Gasteiger partial charge in [0.2, 0.25) is 0 Å². The van der Waals surface area contributed by atoms with Gasteiger partial charge in [-0.25, -0.2) is 0 Å². The minimum absolute atomic E-state index is 0. The molecule has 0 atom stereocenters. The van der Waals surface area contributed by atoms with Gasteiger partial charge in [0.05, 0.1) is 0 Å². The van der Waals surface area contributed by atoms with Gasteiger partial charge in [-0.05, 0) is 6.20 Å². The number of rotatable bonds is 0. The van der Waals surface area contributed by atoms with Crippen LogP contribution in [0.5, 0.6) is 0 Å². The quantitative estimate of drug-likeness (QED) is 0.566. The molecule has 0 heterocycles. The molecule has 0 aromatic heterocycles. The Morgan fingerprint density at radius 1 is 1.75 bits per heavy atom. The van der Waals surface area contributed by atoms with Crippen molar-refractivity contribution in [3.63, 3.8) is 0 Å². The van der Waals surface area contributed by atoms with E-state index in [1.165, 1.54) is 6.20 Å². The third-order valence-corrected chi connectivity index (χ3v) is 0. The summed E-state index contributed by atoms with van der Waals surface area (Å²) in [6, 6.07) is 0. The molecule has 0 aromatic rings. The molecule has 0 rings (SSSR count). The van der Waals surface area contributed by atoms with E-state index in [9.17, 15) is 0 Å². The van der Waals surface area contributed by atoms with Crippen LogP contribution in [0.15, 0.2) is 12.8 Å². The Morgan fingerprint density at radius 2 is 1.75 bits per heavy atom. The van der Waals surface area contributed by atoms with Gasteiger partial charge in [0, 0.05) is 41.7 Å². The molecule has 0 radical (unpaired) electrons. The summed E-state index contributed by atoms with van der Waals surface area (Å²) in [4.78, 5) is 0. The van der Waals surface area contributed by atoms with Crippen molar-refractivity contribution < 1.29 is 41.7 Å². The van der Waals surface area contributed by atoms with Gasteiger partial charge >= 0.3 is 0 Å². The Balaban J connectivity index is 0. The zero-order chi connectivity index (χ0) is 2.71. The van der Waals surface area contributed by atoms with E-state index in [1.807, 2.05) is 0 Å². The van der Waals surface area contributed by atoms with Gasteiger partial charge in [0.25, 0.3) is 0 Å². The first-order valence-corrected chi connectivity index (χ1v) is 0.742. The summed E-state index contributed by atoms with van der Waals surface area (Å²) in [6.07, 6.45) is 1.25. The first-order chi connectivity index (χ1) is 1.41. The van der Waals surface area contributed by atoms with Crippen molar-refractivity contribution in [3.05, 3.63) is 12.8 Å². The van der Waals surface area contributed by atoms with Gasteiger partial charge in [-0.15, -0.1) is 0 Å². The predicted octanol–water partition coefficient (Wildman–Crippen LogP) is 0.0886. The standard InChI is InChI=1S/C2H5N.Ce/c1-2-3;/h2H,1,3H2;. The molecule has 1 nitrogen and oxygen atoms in total. The minimum Gasteiger partial charge on any atom is -0.405 e. The van der Waals surface area contributed by atoms with Crippen LogP contribution in [-0.2, 0) is 0 Å². The van der Waals surface area contributed by atoms with Crippen LogP contribution in [0.4, 0.5) is 0 Å². The van der Waals surface area contributed by atoms with Crippen molar-refractivity contribution in [2.45, 2.75) is 0 Å². The van der Waals surface area contributed by atoms with E-state index in [0.29, 0.717) is 0 Å². The molecule has 4 heavy (non-hydrogen) atoms. The van der Waals surface area contributed by atoms with Crippen molar-refractivity contribution in [1.82, 2.24) is 0 Å². The van der Waals surface area contributed by atoms with Gasteiger partial charge in [-0.3, -0.25) is 0 Å². The molecule has 0 aliphatic rings. The van der Waals surface area contributed by atoms with Crippen LogP contribution in [0.3, 0.4) is 0 Å². The van der Waals surface area contributed by atoms with Crippen molar-refractivity contribution in [3.8, 4) is 0 Å². The molecular weight excluding hydrogens is 178 g/mol. The SMILES string of the molecule is C=CN.[Ce]. The van der Waals surface area contributed by atoms with Gasteiger partial charge in [0.1, 0.15) is 0 Å². The van der Waals surface area contributed by atoms with Gasteiger partial charge < -0.3 is 5.73 Å². The first kappa shape index (κ1) is 8.87. The van der Waals surface area contributed by atoms with Crippen LogP contribution in [0, 0.1) is 41.7 Å². The van der Waals surface area contributed by atoms with Crippen molar-refractivity contribution in [2.24, 2.45) is 5.73 Å². The van der Waals surface area contributed by atoms with E-state index in [-0.39, 0.29) is 41.7 Å². The third kappa shape index (κ3) is 12.8. The van der Waals surface area contributed by atoms with Crippen LogP contribution in [-0.4, -0.2) is 0 Å². The fourth-order valence-corrected chi connectivity index (χ4v) is 0. The Labute approximate surface area is 59.6 Å². The molecule has 0 amide bonds. The summed E-state index contributed by atoms with van der Waals surface area (Å²) < 4.78 is 0. The zero-order valence-corrected chi connectivity index (χ0v) is 5.50. The molecular formula is C2H5CeN. The largest absolute Gasteiger partial charge is 0.405 e. The summed E-state index contributed by atoms with van der Waals surface area (Å²) in [5.41, 5.74) is 4.61. The van der Waals surface area contributed by atoms with Gasteiger partial charge in [0.15, 0.2) is 0 Å². The summed E-state index contributed by atoms with van der Waals surface area (Å²) in [5, 5.41) is 0. The molecule has 0 bridgehead atoms. The topological polar surface area (TPSA) is 26.0 Å². The molecule has 2 heteroatoms. The average molecular weight is 183 g/mol. The molecule has 0 aromatic carbocycles. The van der Waals surface area contributed by atoms with Crippen molar-refractivity contribution in [2.75, 3.05) is 0 Å².